The van der Waals surface area contributed by atoms with Gasteiger partial charge in [-0.2, -0.15) is 0 Å². The van der Waals surface area contributed by atoms with Crippen molar-refractivity contribution in [3.05, 3.63) is 77.3 Å². The molecule has 3 aromatic rings. The highest BCUT2D eigenvalue weighted by Gasteiger charge is 2.22. The highest BCUT2D eigenvalue weighted by atomic mass is 35.5. The molecule has 1 fully saturated rings. The molecule has 32 heavy (non-hydrogen) atoms. The largest absolute Gasteiger partial charge is 0.370 e. The summed E-state index contributed by atoms with van der Waals surface area (Å²) < 4.78 is 5.13. The summed E-state index contributed by atoms with van der Waals surface area (Å²) in [4.78, 5) is 47.1. The monoisotopic (exact) mass is 451 g/mol. The quantitative estimate of drug-likeness (QED) is 0.616. The molecule has 2 heterocycles. The van der Waals surface area contributed by atoms with E-state index in [1.54, 1.807) is 53.4 Å². The van der Waals surface area contributed by atoms with Crippen LogP contribution >= 0.6 is 11.6 Å². The first-order valence-electron chi connectivity index (χ1n) is 9.69. The van der Waals surface area contributed by atoms with Crippen LogP contribution in [0.15, 0.2) is 60.9 Å². The first-order chi connectivity index (χ1) is 15.5. The topological polar surface area (TPSA) is 114 Å². The molecule has 0 aliphatic carbocycles. The van der Waals surface area contributed by atoms with E-state index in [2.05, 4.69) is 20.6 Å². The first kappa shape index (κ1) is 21.4. The molecule has 2 aromatic carbocycles. The van der Waals surface area contributed by atoms with Gasteiger partial charge in [0.25, 0.3) is 17.7 Å². The van der Waals surface area contributed by atoms with Gasteiger partial charge >= 0.3 is 0 Å². The van der Waals surface area contributed by atoms with Gasteiger partial charge in [0.2, 0.25) is 0 Å². The summed E-state index contributed by atoms with van der Waals surface area (Å²) in [5.74, 6) is -1.29. The van der Waals surface area contributed by atoms with Crippen LogP contribution in [0.1, 0.15) is 21.0 Å². The lowest BCUT2D eigenvalue weighted by molar-refractivity contribution is -0.125. The molecular weight excluding hydrogens is 434 g/mol. The van der Waals surface area contributed by atoms with Gasteiger partial charge in [-0.3, -0.25) is 14.4 Å². The molecule has 0 unspecified atom stereocenters. The van der Waals surface area contributed by atoms with Crippen LogP contribution in [0.4, 0.5) is 17.1 Å². The van der Waals surface area contributed by atoms with E-state index >= 15 is 0 Å². The number of morpholine rings is 1. The minimum Gasteiger partial charge on any atom is -0.370 e. The molecule has 0 atom stereocenters. The summed E-state index contributed by atoms with van der Waals surface area (Å²) in [5.41, 5.74) is 1.46. The van der Waals surface area contributed by atoms with Gasteiger partial charge in [0.1, 0.15) is 6.61 Å². The number of aromatic nitrogens is 2. The lowest BCUT2D eigenvalue weighted by Gasteiger charge is -2.26. The van der Waals surface area contributed by atoms with Gasteiger partial charge in [0.15, 0.2) is 11.4 Å². The molecule has 0 bridgehead atoms. The van der Waals surface area contributed by atoms with Crippen molar-refractivity contribution in [3.63, 3.8) is 0 Å². The molecule has 0 spiro atoms. The SMILES string of the molecule is O=C(Nc1ccc(Cl)cc1)c1nccnc1C(=O)Nc1ccc(N2CCOCC2=O)cc1. The number of hydrogen-bond donors (Lipinski definition) is 2. The lowest BCUT2D eigenvalue weighted by atomic mass is 10.2. The summed E-state index contributed by atoms with van der Waals surface area (Å²) in [6, 6.07) is 13.3. The fourth-order valence-corrected chi connectivity index (χ4v) is 3.23. The van der Waals surface area contributed by atoms with Crippen molar-refractivity contribution in [2.45, 2.75) is 0 Å². The standard InChI is InChI=1S/C22H18ClN5O4/c23-14-1-3-15(4-2-14)26-21(30)19-20(25-10-9-24-19)22(31)27-16-5-7-17(8-6-16)28-11-12-32-13-18(28)29/h1-10H,11-13H2,(H,26,30)(H,27,31). The molecule has 9 nitrogen and oxygen atoms in total. The number of carbonyl (C=O) groups is 3. The number of hydrogen-bond acceptors (Lipinski definition) is 6. The second-order valence-electron chi connectivity index (χ2n) is 6.81. The van der Waals surface area contributed by atoms with E-state index < -0.39 is 11.8 Å². The number of carbonyl (C=O) groups excluding carboxylic acids is 3. The number of nitrogens with one attached hydrogen (secondary N) is 2. The summed E-state index contributed by atoms with van der Waals surface area (Å²) in [7, 11) is 0. The van der Waals surface area contributed by atoms with E-state index in [-0.39, 0.29) is 23.9 Å². The van der Waals surface area contributed by atoms with Gasteiger partial charge in [-0.1, -0.05) is 11.6 Å². The number of ether oxygens (including phenoxy) is 1. The first-order valence-corrected chi connectivity index (χ1v) is 10.1. The Kier molecular flexibility index (Phi) is 6.39. The maximum absolute atomic E-state index is 12.8. The minimum absolute atomic E-state index is 0.0476. The Morgan fingerprint density at radius 1 is 0.875 bits per heavy atom. The Labute approximate surface area is 188 Å². The van der Waals surface area contributed by atoms with Gasteiger partial charge < -0.3 is 20.3 Å². The van der Waals surface area contributed by atoms with Crippen molar-refractivity contribution in [2.24, 2.45) is 0 Å². The maximum atomic E-state index is 12.8. The van der Waals surface area contributed by atoms with E-state index in [0.717, 1.165) is 0 Å². The molecule has 4 rings (SSSR count). The van der Waals surface area contributed by atoms with Crippen LogP contribution < -0.4 is 15.5 Å². The van der Waals surface area contributed by atoms with Gasteiger partial charge in [-0.05, 0) is 48.5 Å². The molecule has 3 amide bonds. The number of anilines is 3. The van der Waals surface area contributed by atoms with Gasteiger partial charge in [0.05, 0.1) is 6.61 Å². The zero-order valence-corrected chi connectivity index (χ0v) is 17.5. The fraction of sp³-hybridized carbons (Fsp3) is 0.136. The average Bonchev–Trinajstić information content (AvgIpc) is 2.81. The van der Waals surface area contributed by atoms with E-state index in [0.29, 0.717) is 35.2 Å². The highest BCUT2D eigenvalue weighted by Crippen LogP contribution is 2.20. The van der Waals surface area contributed by atoms with E-state index in [1.807, 2.05) is 0 Å². The van der Waals surface area contributed by atoms with Gasteiger partial charge in [-0.15, -0.1) is 0 Å². The van der Waals surface area contributed by atoms with Crippen LogP contribution in [0.3, 0.4) is 0 Å². The summed E-state index contributed by atoms with van der Waals surface area (Å²) in [5, 5.41) is 5.90. The highest BCUT2D eigenvalue weighted by molar-refractivity contribution is 6.30. The lowest BCUT2D eigenvalue weighted by Crippen LogP contribution is -2.41. The van der Waals surface area contributed by atoms with Crippen LogP contribution in [0.2, 0.25) is 5.02 Å². The molecule has 2 N–H and O–H groups in total. The third-order valence-corrected chi connectivity index (χ3v) is 4.91. The fourth-order valence-electron chi connectivity index (χ4n) is 3.10. The number of halogens is 1. The predicted molar refractivity (Wildman–Crippen MR) is 119 cm³/mol. The second-order valence-corrected chi connectivity index (χ2v) is 7.25. The second kappa shape index (κ2) is 9.54. The predicted octanol–water partition coefficient (Wildman–Crippen LogP) is 3.00. The molecule has 1 aliphatic rings. The van der Waals surface area contributed by atoms with Crippen molar-refractivity contribution in [3.8, 4) is 0 Å². The Balaban J connectivity index is 1.47. The van der Waals surface area contributed by atoms with Crippen molar-refractivity contribution in [1.82, 2.24) is 9.97 Å². The minimum atomic E-state index is -0.588. The summed E-state index contributed by atoms with van der Waals surface area (Å²) in [6.07, 6.45) is 2.67. The van der Waals surface area contributed by atoms with Crippen molar-refractivity contribution in [1.29, 1.82) is 0 Å². The molecular formula is C22H18ClN5O4. The van der Waals surface area contributed by atoms with E-state index in [4.69, 9.17) is 16.3 Å². The third kappa shape index (κ3) is 4.90. The van der Waals surface area contributed by atoms with Crippen LogP contribution in [0.5, 0.6) is 0 Å². The van der Waals surface area contributed by atoms with Crippen LogP contribution in [0.25, 0.3) is 0 Å². The zero-order valence-electron chi connectivity index (χ0n) is 16.7. The number of rotatable bonds is 5. The maximum Gasteiger partial charge on any atom is 0.276 e. The Morgan fingerprint density at radius 2 is 1.41 bits per heavy atom. The number of nitrogens with zero attached hydrogens (tertiary/aromatic N) is 3. The molecule has 1 aromatic heterocycles. The molecule has 162 valence electrons. The van der Waals surface area contributed by atoms with Crippen LogP contribution in [-0.2, 0) is 9.53 Å². The average molecular weight is 452 g/mol. The molecule has 10 heteroatoms. The summed E-state index contributed by atoms with van der Waals surface area (Å²) >= 11 is 5.86. The van der Waals surface area contributed by atoms with Crippen molar-refractivity contribution < 1.29 is 19.1 Å². The smallest absolute Gasteiger partial charge is 0.276 e. The molecule has 1 saturated heterocycles. The zero-order chi connectivity index (χ0) is 22.5. The van der Waals surface area contributed by atoms with Crippen molar-refractivity contribution >= 4 is 46.4 Å². The van der Waals surface area contributed by atoms with Crippen LogP contribution in [0, 0.1) is 0 Å². The van der Waals surface area contributed by atoms with E-state index in [9.17, 15) is 14.4 Å². The van der Waals surface area contributed by atoms with Gasteiger partial charge in [0, 0.05) is 41.0 Å². The summed E-state index contributed by atoms with van der Waals surface area (Å²) in [6.45, 7) is 0.986. The molecule has 0 saturated carbocycles. The molecule has 0 radical (unpaired) electrons. The third-order valence-electron chi connectivity index (χ3n) is 4.65. The normalized spacial score (nSPS) is 13.5. The van der Waals surface area contributed by atoms with E-state index in [1.165, 1.54) is 12.4 Å². The Bertz CT molecular complexity index is 1150. The Morgan fingerprint density at radius 3 is 1.94 bits per heavy atom. The van der Waals surface area contributed by atoms with Crippen molar-refractivity contribution in [2.75, 3.05) is 35.3 Å². The van der Waals surface area contributed by atoms with Gasteiger partial charge in [-0.25, -0.2) is 9.97 Å². The Hall–Kier alpha value is -3.82. The number of benzene rings is 2. The number of amides is 3. The van der Waals surface area contributed by atoms with Crippen LogP contribution in [-0.4, -0.2) is 47.4 Å². The molecule has 1 aliphatic heterocycles.